The Morgan fingerprint density at radius 1 is 0.906 bits per heavy atom. The number of amides is 1. The molecule has 0 aliphatic rings. The Kier molecular flexibility index (Phi) is 4.95. The van der Waals surface area contributed by atoms with Crippen LogP contribution in [0.2, 0.25) is 0 Å². The molecular weight excluding hydrogens is 403 g/mol. The molecule has 0 radical (unpaired) electrons. The van der Waals surface area contributed by atoms with E-state index in [1.807, 2.05) is 53.1 Å². The normalized spacial score (nSPS) is 10.9. The van der Waals surface area contributed by atoms with Crippen LogP contribution in [0.1, 0.15) is 10.4 Å². The highest BCUT2D eigenvalue weighted by molar-refractivity contribution is 5.95. The van der Waals surface area contributed by atoms with Crippen LogP contribution >= 0.6 is 0 Å². The van der Waals surface area contributed by atoms with Crippen LogP contribution in [0.25, 0.3) is 39.3 Å². The molecule has 0 bridgehead atoms. The third kappa shape index (κ3) is 3.52. The van der Waals surface area contributed by atoms with Crippen LogP contribution in [0.15, 0.2) is 91.4 Å². The van der Waals surface area contributed by atoms with Crippen LogP contribution in [-0.4, -0.2) is 27.3 Å². The lowest BCUT2D eigenvalue weighted by Gasteiger charge is -2.08. The second-order valence-corrected chi connectivity index (χ2v) is 7.36. The van der Waals surface area contributed by atoms with Crippen molar-refractivity contribution in [1.82, 2.24) is 19.7 Å². The van der Waals surface area contributed by atoms with Crippen molar-refractivity contribution in [1.29, 1.82) is 0 Å². The number of imidazole rings is 1. The Labute approximate surface area is 184 Å². The molecule has 2 aromatic carbocycles. The molecule has 6 heteroatoms. The van der Waals surface area contributed by atoms with E-state index in [1.54, 1.807) is 43.7 Å². The van der Waals surface area contributed by atoms with E-state index in [0.29, 0.717) is 16.8 Å². The molecule has 32 heavy (non-hydrogen) atoms. The van der Waals surface area contributed by atoms with Gasteiger partial charge in [0.2, 0.25) is 0 Å². The van der Waals surface area contributed by atoms with Gasteiger partial charge in [0.15, 0.2) is 0 Å². The van der Waals surface area contributed by atoms with E-state index >= 15 is 0 Å². The Bertz CT molecular complexity index is 1460. The third-order valence-corrected chi connectivity index (χ3v) is 5.40. The van der Waals surface area contributed by atoms with Gasteiger partial charge in [0, 0.05) is 36.1 Å². The molecule has 5 nitrogen and oxygen atoms in total. The quantitative estimate of drug-likeness (QED) is 0.432. The maximum Gasteiger partial charge on any atom is 0.251 e. The molecule has 5 aromatic rings. The first-order valence-corrected chi connectivity index (χ1v) is 10.1. The zero-order valence-electron chi connectivity index (χ0n) is 17.3. The van der Waals surface area contributed by atoms with Gasteiger partial charge in [0.25, 0.3) is 5.91 Å². The van der Waals surface area contributed by atoms with E-state index in [4.69, 9.17) is 0 Å². The fourth-order valence-corrected chi connectivity index (χ4v) is 3.76. The monoisotopic (exact) mass is 422 g/mol. The van der Waals surface area contributed by atoms with E-state index in [1.165, 1.54) is 6.07 Å². The van der Waals surface area contributed by atoms with Gasteiger partial charge in [-0.15, -0.1) is 0 Å². The summed E-state index contributed by atoms with van der Waals surface area (Å²) in [6.07, 6.45) is 5.42. The van der Waals surface area contributed by atoms with Crippen LogP contribution in [0.3, 0.4) is 0 Å². The highest BCUT2D eigenvalue weighted by Crippen LogP contribution is 2.28. The number of aromatic nitrogens is 3. The Balaban J connectivity index is 1.54. The molecule has 0 atom stereocenters. The fraction of sp³-hybridized carbons (Fsp3) is 0.0385. The minimum absolute atomic E-state index is 0.126. The molecule has 3 aromatic heterocycles. The van der Waals surface area contributed by atoms with Gasteiger partial charge in [-0.1, -0.05) is 24.3 Å². The van der Waals surface area contributed by atoms with Crippen molar-refractivity contribution in [3.05, 3.63) is 103 Å². The summed E-state index contributed by atoms with van der Waals surface area (Å²) in [6, 6.07) is 21.8. The number of fused-ring (bicyclic) bond motifs is 1. The highest BCUT2D eigenvalue weighted by Gasteiger charge is 2.12. The first-order valence-electron chi connectivity index (χ1n) is 10.1. The van der Waals surface area contributed by atoms with Crippen LogP contribution in [-0.2, 0) is 0 Å². The summed E-state index contributed by atoms with van der Waals surface area (Å²) in [5.74, 6) is -0.432. The summed E-state index contributed by atoms with van der Waals surface area (Å²) in [5.41, 5.74) is 6.06. The van der Waals surface area contributed by atoms with Crippen LogP contribution in [0.4, 0.5) is 4.39 Å². The number of carbonyl (C=O) groups is 1. The van der Waals surface area contributed by atoms with E-state index in [9.17, 15) is 9.18 Å². The van der Waals surface area contributed by atoms with Gasteiger partial charge in [-0.25, -0.2) is 9.37 Å². The molecule has 156 valence electrons. The van der Waals surface area contributed by atoms with Crippen molar-refractivity contribution in [2.45, 2.75) is 0 Å². The summed E-state index contributed by atoms with van der Waals surface area (Å²) in [6.45, 7) is 0. The average Bonchev–Trinajstić information content (AvgIpc) is 3.27. The fourth-order valence-electron chi connectivity index (χ4n) is 3.76. The van der Waals surface area contributed by atoms with Gasteiger partial charge in [0.05, 0.1) is 17.6 Å². The lowest BCUT2D eigenvalue weighted by Crippen LogP contribution is -2.17. The highest BCUT2D eigenvalue weighted by atomic mass is 19.1. The van der Waals surface area contributed by atoms with Gasteiger partial charge in [-0.2, -0.15) is 0 Å². The number of benzene rings is 2. The maximum atomic E-state index is 14.2. The zero-order valence-corrected chi connectivity index (χ0v) is 17.3. The summed E-state index contributed by atoms with van der Waals surface area (Å²) in [5, 5.41) is 2.65. The minimum Gasteiger partial charge on any atom is -0.355 e. The molecule has 0 saturated carbocycles. The number of nitrogens with one attached hydrogen (secondary N) is 1. The van der Waals surface area contributed by atoms with Gasteiger partial charge < -0.3 is 5.32 Å². The number of hydrogen-bond donors (Lipinski definition) is 1. The molecule has 5 rings (SSSR count). The second kappa shape index (κ2) is 8.07. The van der Waals surface area contributed by atoms with Gasteiger partial charge in [-0.3, -0.25) is 14.2 Å². The molecule has 0 saturated heterocycles. The van der Waals surface area contributed by atoms with E-state index in [2.05, 4.69) is 15.3 Å². The summed E-state index contributed by atoms with van der Waals surface area (Å²) >= 11 is 0. The second-order valence-electron chi connectivity index (χ2n) is 7.36. The number of nitrogens with zero attached hydrogens (tertiary/aromatic N) is 3. The lowest BCUT2D eigenvalue weighted by atomic mass is 10.0. The summed E-state index contributed by atoms with van der Waals surface area (Å²) < 4.78 is 16.2. The standard InChI is InChI=1S/C26H19FN4O/c1-28-26(32)20-6-4-5-17(13-20)18-10-12-31-24(16-30-25(31)15-18)19-9-11-29-23(14-19)21-7-2-3-8-22(21)27/h2-16H,1H3,(H,28,32). The van der Waals surface area contributed by atoms with Gasteiger partial charge in [-0.05, 0) is 59.7 Å². The first kappa shape index (κ1) is 19.6. The Morgan fingerprint density at radius 3 is 2.59 bits per heavy atom. The van der Waals surface area contributed by atoms with E-state index in [-0.39, 0.29) is 11.7 Å². The van der Waals surface area contributed by atoms with Crippen molar-refractivity contribution in [2.75, 3.05) is 7.05 Å². The average molecular weight is 422 g/mol. The van der Waals surface area contributed by atoms with Gasteiger partial charge >= 0.3 is 0 Å². The topological polar surface area (TPSA) is 59.3 Å². The first-order chi connectivity index (χ1) is 15.6. The van der Waals surface area contributed by atoms with Crippen molar-refractivity contribution >= 4 is 11.6 Å². The molecule has 3 heterocycles. The molecular formula is C26H19FN4O. The number of pyridine rings is 2. The SMILES string of the molecule is CNC(=O)c1cccc(-c2ccn3c(-c4ccnc(-c5ccccc5F)c4)cnc3c2)c1. The predicted octanol–water partition coefficient (Wildman–Crippen LogP) is 5.23. The number of hydrogen-bond acceptors (Lipinski definition) is 3. The smallest absolute Gasteiger partial charge is 0.251 e. The third-order valence-electron chi connectivity index (χ3n) is 5.40. The molecule has 1 amide bonds. The molecule has 0 unspecified atom stereocenters. The van der Waals surface area contributed by atoms with Crippen LogP contribution < -0.4 is 5.32 Å². The zero-order chi connectivity index (χ0) is 22.1. The van der Waals surface area contributed by atoms with Crippen LogP contribution in [0.5, 0.6) is 0 Å². The molecule has 0 spiro atoms. The van der Waals surface area contributed by atoms with Crippen molar-refractivity contribution in [3.8, 4) is 33.6 Å². The van der Waals surface area contributed by atoms with Crippen LogP contribution in [0, 0.1) is 5.82 Å². The number of halogens is 1. The maximum absolute atomic E-state index is 14.2. The summed E-state index contributed by atoms with van der Waals surface area (Å²) in [4.78, 5) is 20.9. The predicted molar refractivity (Wildman–Crippen MR) is 123 cm³/mol. The van der Waals surface area contributed by atoms with Crippen molar-refractivity contribution in [3.63, 3.8) is 0 Å². The lowest BCUT2D eigenvalue weighted by molar-refractivity contribution is 0.0963. The van der Waals surface area contributed by atoms with Crippen molar-refractivity contribution < 1.29 is 9.18 Å². The Morgan fingerprint density at radius 2 is 1.75 bits per heavy atom. The largest absolute Gasteiger partial charge is 0.355 e. The van der Waals surface area contributed by atoms with Gasteiger partial charge in [0.1, 0.15) is 11.5 Å². The van der Waals surface area contributed by atoms with E-state index in [0.717, 1.165) is 28.0 Å². The summed E-state index contributed by atoms with van der Waals surface area (Å²) in [7, 11) is 1.61. The minimum atomic E-state index is -0.307. The molecule has 1 N–H and O–H groups in total. The molecule has 0 aliphatic heterocycles. The number of carbonyl (C=O) groups excluding carboxylic acids is 1. The number of rotatable bonds is 4. The molecule has 0 fully saturated rings. The Hall–Kier alpha value is -4.32. The van der Waals surface area contributed by atoms with E-state index < -0.39 is 0 Å². The van der Waals surface area contributed by atoms with Crippen molar-refractivity contribution in [2.24, 2.45) is 0 Å². The molecule has 0 aliphatic carbocycles.